The number of aromatic nitrogens is 2. The van der Waals surface area contributed by atoms with Crippen molar-refractivity contribution in [2.45, 2.75) is 0 Å². The van der Waals surface area contributed by atoms with Gasteiger partial charge in [0.25, 0.3) is 0 Å². The highest BCUT2D eigenvalue weighted by molar-refractivity contribution is 5.61. The van der Waals surface area contributed by atoms with E-state index < -0.39 is 0 Å². The molecule has 0 amide bonds. The molecule has 0 aliphatic rings. The fraction of sp³-hybridized carbons (Fsp3) is 0. The van der Waals surface area contributed by atoms with Gasteiger partial charge in [-0.1, -0.05) is 0 Å². The van der Waals surface area contributed by atoms with Crippen molar-refractivity contribution in [3.8, 4) is 11.3 Å². The van der Waals surface area contributed by atoms with Crippen LogP contribution >= 0.6 is 0 Å². The van der Waals surface area contributed by atoms with Crippen LogP contribution in [0.25, 0.3) is 11.3 Å². The summed E-state index contributed by atoms with van der Waals surface area (Å²) in [5.74, 6) is 0.548. The maximum atomic E-state index is 5.57. The molecule has 0 atom stereocenters. The SMILES string of the molecule is Nc1ccc(-c2c[nH+]c(N)[nH]2)cc1. The summed E-state index contributed by atoms with van der Waals surface area (Å²) in [6.45, 7) is 0. The van der Waals surface area contributed by atoms with Crippen LogP contribution in [0, 0.1) is 0 Å². The third-order valence-electron chi connectivity index (χ3n) is 1.86. The van der Waals surface area contributed by atoms with Gasteiger partial charge in [-0.05, 0) is 24.3 Å². The summed E-state index contributed by atoms with van der Waals surface area (Å²) in [6.07, 6.45) is 1.82. The van der Waals surface area contributed by atoms with E-state index >= 15 is 0 Å². The summed E-state index contributed by atoms with van der Waals surface area (Å²) in [5.41, 5.74) is 13.8. The van der Waals surface area contributed by atoms with Crippen molar-refractivity contribution in [3.63, 3.8) is 0 Å². The van der Waals surface area contributed by atoms with Gasteiger partial charge in [0.15, 0.2) is 0 Å². The largest absolute Gasteiger partial charge is 0.399 e. The minimum absolute atomic E-state index is 0.548. The molecule has 0 bridgehead atoms. The first-order chi connectivity index (χ1) is 6.25. The van der Waals surface area contributed by atoms with E-state index in [1.165, 1.54) is 0 Å². The van der Waals surface area contributed by atoms with E-state index in [0.717, 1.165) is 16.9 Å². The third-order valence-corrected chi connectivity index (χ3v) is 1.86. The van der Waals surface area contributed by atoms with Crippen LogP contribution in [0.5, 0.6) is 0 Å². The first-order valence-corrected chi connectivity index (χ1v) is 3.98. The van der Waals surface area contributed by atoms with Crippen molar-refractivity contribution in [2.75, 3.05) is 11.5 Å². The van der Waals surface area contributed by atoms with E-state index in [0.29, 0.717) is 5.95 Å². The van der Waals surface area contributed by atoms with E-state index in [1.807, 2.05) is 30.5 Å². The Balaban J connectivity index is 2.41. The Hall–Kier alpha value is -1.97. The van der Waals surface area contributed by atoms with Crippen molar-refractivity contribution in [1.29, 1.82) is 0 Å². The van der Waals surface area contributed by atoms with Gasteiger partial charge in [-0.15, -0.1) is 0 Å². The first kappa shape index (κ1) is 7.67. The summed E-state index contributed by atoms with van der Waals surface area (Å²) < 4.78 is 0. The number of benzene rings is 1. The second-order valence-electron chi connectivity index (χ2n) is 2.86. The number of H-pyrrole nitrogens is 2. The molecular formula is C9H11N4+. The lowest BCUT2D eigenvalue weighted by atomic mass is 10.1. The van der Waals surface area contributed by atoms with Crippen LogP contribution in [0.15, 0.2) is 30.5 Å². The van der Waals surface area contributed by atoms with Gasteiger partial charge in [0.05, 0.1) is 0 Å². The van der Waals surface area contributed by atoms with Crippen LogP contribution in [-0.4, -0.2) is 4.98 Å². The highest BCUT2D eigenvalue weighted by atomic mass is 15.0. The molecule has 0 saturated heterocycles. The predicted molar refractivity (Wildman–Crippen MR) is 51.6 cm³/mol. The maximum absolute atomic E-state index is 5.57. The molecule has 4 nitrogen and oxygen atoms in total. The average Bonchev–Trinajstić information content (AvgIpc) is 2.53. The predicted octanol–water partition coefficient (Wildman–Crippen LogP) is 0.660. The van der Waals surface area contributed by atoms with E-state index in [4.69, 9.17) is 11.5 Å². The molecule has 66 valence electrons. The summed E-state index contributed by atoms with van der Waals surface area (Å²) in [6, 6.07) is 7.58. The van der Waals surface area contributed by atoms with Gasteiger partial charge in [-0.2, -0.15) is 0 Å². The van der Waals surface area contributed by atoms with E-state index in [-0.39, 0.29) is 0 Å². The number of hydrogen-bond donors (Lipinski definition) is 3. The molecular weight excluding hydrogens is 164 g/mol. The van der Waals surface area contributed by atoms with Crippen molar-refractivity contribution in [2.24, 2.45) is 0 Å². The first-order valence-electron chi connectivity index (χ1n) is 3.98. The lowest BCUT2D eigenvalue weighted by Crippen LogP contribution is -2.03. The zero-order valence-corrected chi connectivity index (χ0v) is 7.04. The average molecular weight is 175 g/mol. The fourth-order valence-electron chi connectivity index (χ4n) is 1.19. The van der Waals surface area contributed by atoms with Gasteiger partial charge in [0.2, 0.25) is 0 Å². The van der Waals surface area contributed by atoms with Gasteiger partial charge in [-0.25, -0.2) is 9.97 Å². The van der Waals surface area contributed by atoms with Crippen LogP contribution in [0.1, 0.15) is 0 Å². The summed E-state index contributed by atoms with van der Waals surface area (Å²) in [4.78, 5) is 5.87. The molecule has 0 aliphatic carbocycles. The number of aromatic amines is 2. The molecule has 13 heavy (non-hydrogen) atoms. The van der Waals surface area contributed by atoms with Crippen LogP contribution in [-0.2, 0) is 0 Å². The van der Waals surface area contributed by atoms with E-state index in [1.54, 1.807) is 0 Å². The molecule has 0 aliphatic heterocycles. The number of imidazole rings is 1. The van der Waals surface area contributed by atoms with E-state index in [2.05, 4.69) is 9.97 Å². The van der Waals surface area contributed by atoms with Crippen LogP contribution in [0.4, 0.5) is 11.6 Å². The van der Waals surface area contributed by atoms with Gasteiger partial charge >= 0.3 is 5.95 Å². The quantitative estimate of drug-likeness (QED) is 0.556. The summed E-state index contributed by atoms with van der Waals surface area (Å²) >= 11 is 0. The molecule has 2 aromatic rings. The van der Waals surface area contributed by atoms with Crippen molar-refractivity contribution >= 4 is 11.6 Å². The standard InChI is InChI=1S/C9H10N4/c10-7-3-1-6(2-4-7)8-5-12-9(11)13-8/h1-5H,10H2,(H3,11,12,13)/p+1. The normalized spacial score (nSPS) is 10.2. The van der Waals surface area contributed by atoms with Crippen LogP contribution in [0.2, 0.25) is 0 Å². The monoisotopic (exact) mass is 175 g/mol. The minimum Gasteiger partial charge on any atom is -0.399 e. The number of anilines is 2. The highest BCUT2D eigenvalue weighted by Gasteiger charge is 2.04. The third kappa shape index (κ3) is 1.46. The molecule has 4 heteroatoms. The molecule has 1 heterocycles. The van der Waals surface area contributed by atoms with Gasteiger partial charge in [-0.3, -0.25) is 5.73 Å². The Morgan fingerprint density at radius 2 is 1.77 bits per heavy atom. The number of nitrogen functional groups attached to an aromatic ring is 2. The van der Waals surface area contributed by atoms with Gasteiger partial charge in [0, 0.05) is 11.3 Å². The molecule has 0 radical (unpaired) electrons. The summed E-state index contributed by atoms with van der Waals surface area (Å²) in [5, 5.41) is 0. The van der Waals surface area contributed by atoms with Crippen LogP contribution < -0.4 is 16.5 Å². The molecule has 1 aromatic carbocycles. The molecule has 0 spiro atoms. The van der Waals surface area contributed by atoms with Crippen molar-refractivity contribution < 1.29 is 4.98 Å². The zero-order chi connectivity index (χ0) is 9.26. The topological polar surface area (TPSA) is 82.0 Å². The smallest absolute Gasteiger partial charge is 0.350 e. The van der Waals surface area contributed by atoms with Crippen molar-refractivity contribution in [1.82, 2.24) is 4.98 Å². The lowest BCUT2D eigenvalue weighted by Gasteiger charge is -1.94. The number of nitrogens with two attached hydrogens (primary N) is 2. The minimum atomic E-state index is 0.548. The molecule has 1 aromatic heterocycles. The van der Waals surface area contributed by atoms with Crippen LogP contribution in [0.3, 0.4) is 0 Å². The van der Waals surface area contributed by atoms with Gasteiger partial charge < -0.3 is 5.73 Å². The summed E-state index contributed by atoms with van der Waals surface area (Å²) in [7, 11) is 0. The number of nitrogens with one attached hydrogen (secondary N) is 2. The lowest BCUT2D eigenvalue weighted by molar-refractivity contribution is -0.357. The zero-order valence-electron chi connectivity index (χ0n) is 7.04. The molecule has 6 N–H and O–H groups in total. The number of rotatable bonds is 1. The van der Waals surface area contributed by atoms with Gasteiger partial charge in [0.1, 0.15) is 11.9 Å². The highest BCUT2D eigenvalue weighted by Crippen LogP contribution is 2.17. The second-order valence-corrected chi connectivity index (χ2v) is 2.86. The molecule has 0 unspecified atom stereocenters. The Morgan fingerprint density at radius 1 is 1.08 bits per heavy atom. The Kier molecular flexibility index (Phi) is 1.66. The maximum Gasteiger partial charge on any atom is 0.350 e. The second kappa shape index (κ2) is 2.82. The number of hydrogen-bond acceptors (Lipinski definition) is 2. The Labute approximate surface area is 75.6 Å². The van der Waals surface area contributed by atoms with E-state index in [9.17, 15) is 0 Å². The fourth-order valence-corrected chi connectivity index (χ4v) is 1.19. The molecule has 2 rings (SSSR count). The molecule has 0 fully saturated rings. The Morgan fingerprint density at radius 3 is 2.31 bits per heavy atom. The van der Waals surface area contributed by atoms with Crippen molar-refractivity contribution in [3.05, 3.63) is 30.5 Å². The molecule has 0 saturated carbocycles. The Bertz CT molecular complexity index is 402.